The van der Waals surface area contributed by atoms with Gasteiger partial charge in [-0.2, -0.15) is 0 Å². The zero-order chi connectivity index (χ0) is 11.7. The summed E-state index contributed by atoms with van der Waals surface area (Å²) in [5, 5.41) is 8.62. The lowest BCUT2D eigenvalue weighted by molar-refractivity contribution is -0.137. The Labute approximate surface area is 92.8 Å². The van der Waals surface area contributed by atoms with Gasteiger partial charge in [0.2, 0.25) is 0 Å². The molecule has 4 heteroatoms. The van der Waals surface area contributed by atoms with Gasteiger partial charge in [0.1, 0.15) is 5.75 Å². The van der Waals surface area contributed by atoms with Crippen LogP contribution in [-0.4, -0.2) is 17.0 Å². The van der Waals surface area contributed by atoms with Gasteiger partial charge in [-0.1, -0.05) is 6.07 Å². The van der Waals surface area contributed by atoms with Crippen molar-refractivity contribution in [1.29, 1.82) is 0 Å². The van der Waals surface area contributed by atoms with Crippen molar-refractivity contribution in [2.24, 2.45) is 0 Å². The fraction of sp³-hybridized carbons (Fsp3) is 0.333. The number of ether oxygens (including phenoxy) is 1. The molecule has 1 aliphatic heterocycles. The Kier molecular flexibility index (Phi) is 2.64. The third kappa shape index (κ3) is 1.91. The van der Waals surface area contributed by atoms with Crippen LogP contribution >= 0.6 is 0 Å². The minimum absolute atomic E-state index is 0.106. The fourth-order valence-corrected chi connectivity index (χ4v) is 1.91. The number of esters is 1. The van der Waals surface area contributed by atoms with E-state index in [4.69, 9.17) is 9.84 Å². The number of aliphatic carboxylic acids is 1. The quantitative estimate of drug-likeness (QED) is 0.619. The summed E-state index contributed by atoms with van der Waals surface area (Å²) < 4.78 is 5.01. The van der Waals surface area contributed by atoms with Crippen molar-refractivity contribution < 1.29 is 19.4 Å². The molecule has 1 N–H and O–H groups in total. The van der Waals surface area contributed by atoms with E-state index in [1.54, 1.807) is 6.07 Å². The monoisotopic (exact) mass is 220 g/mol. The number of carbonyl (C=O) groups is 2. The van der Waals surface area contributed by atoms with Crippen molar-refractivity contribution >= 4 is 11.9 Å². The normalized spacial score (nSPS) is 13.4. The molecule has 0 spiro atoms. The number of hydrogen-bond acceptors (Lipinski definition) is 3. The predicted octanol–water partition coefficient (Wildman–Crippen LogP) is 1.47. The van der Waals surface area contributed by atoms with E-state index in [1.807, 2.05) is 13.0 Å². The van der Waals surface area contributed by atoms with E-state index < -0.39 is 5.97 Å². The predicted molar refractivity (Wildman–Crippen MR) is 56.5 cm³/mol. The Morgan fingerprint density at radius 2 is 2.25 bits per heavy atom. The summed E-state index contributed by atoms with van der Waals surface area (Å²) in [7, 11) is 0. The first-order valence-electron chi connectivity index (χ1n) is 5.12. The minimum atomic E-state index is -0.813. The summed E-state index contributed by atoms with van der Waals surface area (Å²) >= 11 is 0. The molecule has 2 rings (SSSR count). The summed E-state index contributed by atoms with van der Waals surface area (Å²) in [5.41, 5.74) is 2.84. The lowest BCUT2D eigenvalue weighted by Crippen LogP contribution is -2.01. The van der Waals surface area contributed by atoms with Crippen molar-refractivity contribution in [3.8, 4) is 5.75 Å². The average Bonchev–Trinajstić information content (AvgIpc) is 2.58. The summed E-state index contributed by atoms with van der Waals surface area (Å²) in [4.78, 5) is 21.6. The third-order valence-corrected chi connectivity index (χ3v) is 2.82. The number of carboxylic acids is 1. The Bertz CT molecular complexity index is 462. The molecular formula is C12H12O4. The molecule has 0 bridgehead atoms. The van der Waals surface area contributed by atoms with E-state index in [0.29, 0.717) is 18.6 Å². The van der Waals surface area contributed by atoms with E-state index in [1.165, 1.54) is 0 Å². The van der Waals surface area contributed by atoms with Gasteiger partial charge in [0.05, 0.1) is 6.42 Å². The zero-order valence-electron chi connectivity index (χ0n) is 8.95. The smallest absolute Gasteiger partial charge is 0.315 e. The molecule has 1 aromatic rings. The van der Waals surface area contributed by atoms with E-state index in [2.05, 4.69) is 0 Å². The van der Waals surface area contributed by atoms with Gasteiger partial charge in [0.25, 0.3) is 0 Å². The van der Waals surface area contributed by atoms with Crippen LogP contribution in [0, 0.1) is 6.92 Å². The van der Waals surface area contributed by atoms with Crippen molar-refractivity contribution in [2.45, 2.75) is 26.2 Å². The van der Waals surface area contributed by atoms with Crippen molar-refractivity contribution in [3.05, 3.63) is 28.8 Å². The van der Waals surface area contributed by atoms with Crippen LogP contribution in [0.25, 0.3) is 0 Å². The Balaban J connectivity index is 2.26. The summed E-state index contributed by atoms with van der Waals surface area (Å²) in [5.74, 6) is -0.442. The van der Waals surface area contributed by atoms with Gasteiger partial charge in [0.15, 0.2) is 0 Å². The van der Waals surface area contributed by atoms with E-state index in [0.717, 1.165) is 16.7 Å². The maximum atomic E-state index is 11.1. The number of benzene rings is 1. The molecule has 0 amide bonds. The number of hydrogen-bond donors (Lipinski definition) is 1. The van der Waals surface area contributed by atoms with Crippen molar-refractivity contribution in [2.75, 3.05) is 0 Å². The molecule has 0 radical (unpaired) electrons. The number of carbonyl (C=O) groups excluding carboxylic acids is 1. The third-order valence-electron chi connectivity index (χ3n) is 2.82. The Morgan fingerprint density at radius 1 is 1.50 bits per heavy atom. The highest BCUT2D eigenvalue weighted by atomic mass is 16.5. The minimum Gasteiger partial charge on any atom is -0.481 e. The van der Waals surface area contributed by atoms with Crippen molar-refractivity contribution in [3.63, 3.8) is 0 Å². The van der Waals surface area contributed by atoms with Crippen LogP contribution in [0.3, 0.4) is 0 Å². The SMILES string of the molecule is Cc1c(CCC(=O)O)ccc2c1CC(=O)O2. The summed E-state index contributed by atoms with van der Waals surface area (Å²) in [6, 6.07) is 3.57. The van der Waals surface area contributed by atoms with Gasteiger partial charge in [-0.15, -0.1) is 0 Å². The maximum absolute atomic E-state index is 11.1. The topological polar surface area (TPSA) is 63.6 Å². The number of carboxylic acid groups (broad SMARTS) is 1. The molecule has 0 aromatic heterocycles. The molecule has 0 unspecified atom stereocenters. The summed E-state index contributed by atoms with van der Waals surface area (Å²) in [6.45, 7) is 1.90. The highest BCUT2D eigenvalue weighted by Crippen LogP contribution is 2.31. The molecule has 0 fully saturated rings. The average molecular weight is 220 g/mol. The van der Waals surface area contributed by atoms with Gasteiger partial charge in [-0.25, -0.2) is 0 Å². The highest BCUT2D eigenvalue weighted by molar-refractivity contribution is 5.82. The second-order valence-corrected chi connectivity index (χ2v) is 3.87. The van der Waals surface area contributed by atoms with Crippen LogP contribution < -0.4 is 4.74 Å². The molecule has 16 heavy (non-hydrogen) atoms. The van der Waals surface area contributed by atoms with Crippen LogP contribution in [0.15, 0.2) is 12.1 Å². The van der Waals surface area contributed by atoms with Crippen LogP contribution in [0.5, 0.6) is 5.75 Å². The van der Waals surface area contributed by atoms with Crippen LogP contribution in [0.2, 0.25) is 0 Å². The van der Waals surface area contributed by atoms with Gasteiger partial charge >= 0.3 is 11.9 Å². The fourth-order valence-electron chi connectivity index (χ4n) is 1.91. The van der Waals surface area contributed by atoms with Crippen molar-refractivity contribution in [1.82, 2.24) is 0 Å². The molecular weight excluding hydrogens is 208 g/mol. The molecule has 0 atom stereocenters. The number of fused-ring (bicyclic) bond motifs is 1. The lowest BCUT2D eigenvalue weighted by atomic mass is 9.97. The standard InChI is InChI=1S/C12H12O4/c1-7-8(3-5-11(13)14)2-4-10-9(7)6-12(15)16-10/h2,4H,3,5-6H2,1H3,(H,13,14). The molecule has 4 nitrogen and oxygen atoms in total. The number of rotatable bonds is 3. The van der Waals surface area contributed by atoms with Gasteiger partial charge in [0, 0.05) is 12.0 Å². The van der Waals surface area contributed by atoms with Gasteiger partial charge < -0.3 is 9.84 Å². The van der Waals surface area contributed by atoms with Gasteiger partial charge in [-0.05, 0) is 30.5 Å². The molecule has 0 saturated heterocycles. The first-order valence-corrected chi connectivity index (χ1v) is 5.12. The molecule has 1 aliphatic rings. The van der Waals surface area contributed by atoms with Crippen LogP contribution in [-0.2, 0) is 22.4 Å². The molecule has 84 valence electrons. The summed E-state index contributed by atoms with van der Waals surface area (Å²) in [6.07, 6.45) is 0.888. The lowest BCUT2D eigenvalue weighted by Gasteiger charge is -2.07. The first kappa shape index (κ1) is 10.7. The molecule has 1 heterocycles. The second kappa shape index (κ2) is 3.96. The first-order chi connectivity index (χ1) is 7.58. The highest BCUT2D eigenvalue weighted by Gasteiger charge is 2.23. The molecule has 0 saturated carbocycles. The second-order valence-electron chi connectivity index (χ2n) is 3.87. The van der Waals surface area contributed by atoms with Gasteiger partial charge in [-0.3, -0.25) is 9.59 Å². The Morgan fingerprint density at radius 3 is 2.94 bits per heavy atom. The van der Waals surface area contributed by atoms with E-state index >= 15 is 0 Å². The van der Waals surface area contributed by atoms with Crippen LogP contribution in [0.1, 0.15) is 23.1 Å². The van der Waals surface area contributed by atoms with Crippen LogP contribution in [0.4, 0.5) is 0 Å². The zero-order valence-corrected chi connectivity index (χ0v) is 8.95. The Hall–Kier alpha value is -1.84. The van der Waals surface area contributed by atoms with E-state index in [9.17, 15) is 9.59 Å². The van der Waals surface area contributed by atoms with E-state index in [-0.39, 0.29) is 12.4 Å². The molecule has 0 aliphatic carbocycles. The maximum Gasteiger partial charge on any atom is 0.315 e. The number of aryl methyl sites for hydroxylation is 1. The largest absolute Gasteiger partial charge is 0.481 e. The molecule has 1 aromatic carbocycles.